The third kappa shape index (κ3) is 3.78. The second-order valence-corrected chi connectivity index (χ2v) is 6.19. The second kappa shape index (κ2) is 7.19. The molecule has 8 nitrogen and oxygen atoms in total. The maximum atomic E-state index is 12.1. The number of benzene rings is 2. The van der Waals surface area contributed by atoms with Gasteiger partial charge in [0.15, 0.2) is 10.9 Å². The number of thioether (sulfide) groups is 1. The first-order valence-corrected chi connectivity index (χ1v) is 8.12. The Morgan fingerprint density at radius 1 is 1.23 bits per heavy atom. The van der Waals surface area contributed by atoms with Crippen molar-refractivity contribution in [2.45, 2.75) is 0 Å². The van der Waals surface area contributed by atoms with Crippen molar-refractivity contribution in [3.05, 3.63) is 74.7 Å². The first kappa shape index (κ1) is 17.4. The highest BCUT2D eigenvalue weighted by Crippen LogP contribution is 2.30. The molecule has 0 atom stereocenters. The van der Waals surface area contributed by atoms with Crippen LogP contribution < -0.4 is 5.32 Å². The number of nitrogens with zero attached hydrogens (tertiary/aromatic N) is 2. The number of phenolic OH excluding ortho intramolecular Hbond substituents is 1. The molecule has 2 aromatic carbocycles. The number of carbonyl (C=O) groups is 2. The molecule has 1 heterocycles. The smallest absolute Gasteiger partial charge is 0.311 e. The van der Waals surface area contributed by atoms with Gasteiger partial charge in [-0.05, 0) is 41.6 Å². The minimum atomic E-state index is -0.718. The molecule has 2 N–H and O–H groups in total. The van der Waals surface area contributed by atoms with Crippen molar-refractivity contribution in [1.29, 1.82) is 0 Å². The van der Waals surface area contributed by atoms with E-state index in [1.807, 2.05) is 0 Å². The summed E-state index contributed by atoms with van der Waals surface area (Å²) in [5.41, 5.74) is 0.292. The SMILES string of the molecule is O=C1NC(=NC(=O)c2ccccc2)S/C1=C\c1ccc(O)c([N+](=O)[O-])c1. The molecule has 26 heavy (non-hydrogen) atoms. The minimum absolute atomic E-state index is 0.128. The van der Waals surface area contributed by atoms with Crippen molar-refractivity contribution in [3.8, 4) is 5.75 Å². The molecule has 0 radical (unpaired) electrons. The van der Waals surface area contributed by atoms with Crippen molar-refractivity contribution < 1.29 is 19.6 Å². The number of nitrogens with one attached hydrogen (secondary N) is 1. The molecular weight excluding hydrogens is 358 g/mol. The summed E-state index contributed by atoms with van der Waals surface area (Å²) in [6, 6.07) is 12.2. The fourth-order valence-corrected chi connectivity index (χ4v) is 2.97. The Kier molecular flexibility index (Phi) is 4.81. The van der Waals surface area contributed by atoms with Crippen LogP contribution >= 0.6 is 11.8 Å². The van der Waals surface area contributed by atoms with E-state index in [-0.39, 0.29) is 10.1 Å². The highest BCUT2D eigenvalue weighted by molar-refractivity contribution is 8.18. The normalized spacial score (nSPS) is 16.7. The Hall–Kier alpha value is -3.46. The Balaban J connectivity index is 1.83. The highest BCUT2D eigenvalue weighted by Gasteiger charge is 2.25. The zero-order valence-corrected chi connectivity index (χ0v) is 13.9. The number of hydrogen-bond acceptors (Lipinski definition) is 6. The number of phenols is 1. The van der Waals surface area contributed by atoms with Gasteiger partial charge in [0, 0.05) is 11.6 Å². The minimum Gasteiger partial charge on any atom is -0.502 e. The molecule has 1 saturated heterocycles. The van der Waals surface area contributed by atoms with E-state index < -0.39 is 28.2 Å². The molecule has 2 amide bonds. The predicted octanol–water partition coefficient (Wildman–Crippen LogP) is 2.70. The molecule has 0 saturated carbocycles. The van der Waals surface area contributed by atoms with E-state index in [1.54, 1.807) is 30.3 Å². The molecule has 130 valence electrons. The van der Waals surface area contributed by atoms with Gasteiger partial charge in [0.1, 0.15) is 0 Å². The number of aromatic hydroxyl groups is 1. The maximum Gasteiger partial charge on any atom is 0.311 e. The Morgan fingerprint density at radius 3 is 2.65 bits per heavy atom. The molecule has 0 unspecified atom stereocenters. The van der Waals surface area contributed by atoms with Crippen molar-refractivity contribution >= 4 is 40.5 Å². The van der Waals surface area contributed by atoms with Crippen molar-refractivity contribution in [1.82, 2.24) is 5.32 Å². The van der Waals surface area contributed by atoms with Gasteiger partial charge in [-0.3, -0.25) is 19.7 Å². The summed E-state index contributed by atoms with van der Waals surface area (Å²) in [5.74, 6) is -1.42. The quantitative estimate of drug-likeness (QED) is 0.487. The fourth-order valence-electron chi connectivity index (χ4n) is 2.15. The number of nitro groups is 1. The third-order valence-electron chi connectivity index (χ3n) is 3.37. The van der Waals surface area contributed by atoms with Crippen molar-refractivity contribution in [2.24, 2.45) is 4.99 Å². The van der Waals surface area contributed by atoms with E-state index in [0.717, 1.165) is 17.8 Å². The van der Waals surface area contributed by atoms with Crippen LogP contribution in [0.25, 0.3) is 6.08 Å². The number of aliphatic imine (C=N–C) groups is 1. The third-order valence-corrected chi connectivity index (χ3v) is 4.28. The average Bonchev–Trinajstić information content (AvgIpc) is 2.96. The molecule has 3 rings (SSSR count). The second-order valence-electron chi connectivity index (χ2n) is 5.16. The molecule has 1 aliphatic rings. The number of amides is 2. The summed E-state index contributed by atoms with van der Waals surface area (Å²) in [7, 11) is 0. The van der Waals surface area contributed by atoms with Gasteiger partial charge in [0.05, 0.1) is 9.83 Å². The van der Waals surface area contributed by atoms with E-state index in [9.17, 15) is 24.8 Å². The van der Waals surface area contributed by atoms with Crippen molar-refractivity contribution in [3.63, 3.8) is 0 Å². The number of amidine groups is 1. The molecule has 2 aromatic rings. The van der Waals surface area contributed by atoms with Gasteiger partial charge in [-0.2, -0.15) is 4.99 Å². The van der Waals surface area contributed by atoms with Crippen LogP contribution in [-0.2, 0) is 4.79 Å². The molecule has 0 bridgehead atoms. The van der Waals surface area contributed by atoms with Gasteiger partial charge in [-0.25, -0.2) is 0 Å². The summed E-state index contributed by atoms with van der Waals surface area (Å²) in [5, 5.41) is 22.9. The summed E-state index contributed by atoms with van der Waals surface area (Å²) in [4.78, 5) is 38.3. The molecule has 0 spiro atoms. The Labute approximate surface area is 151 Å². The summed E-state index contributed by atoms with van der Waals surface area (Å²) in [6.45, 7) is 0. The Bertz CT molecular complexity index is 970. The lowest BCUT2D eigenvalue weighted by Crippen LogP contribution is -2.20. The van der Waals surface area contributed by atoms with Gasteiger partial charge in [0.25, 0.3) is 11.8 Å². The van der Waals surface area contributed by atoms with Gasteiger partial charge < -0.3 is 10.4 Å². The fraction of sp³-hybridized carbons (Fsp3) is 0. The summed E-state index contributed by atoms with van der Waals surface area (Å²) >= 11 is 0.952. The highest BCUT2D eigenvalue weighted by atomic mass is 32.2. The lowest BCUT2D eigenvalue weighted by atomic mass is 10.1. The van der Waals surface area contributed by atoms with Crippen LogP contribution in [-0.4, -0.2) is 27.0 Å². The largest absolute Gasteiger partial charge is 0.502 e. The number of hydrogen-bond donors (Lipinski definition) is 2. The van der Waals surface area contributed by atoms with Gasteiger partial charge in [-0.1, -0.05) is 24.3 Å². The van der Waals surface area contributed by atoms with E-state index in [1.165, 1.54) is 18.2 Å². The first-order chi connectivity index (χ1) is 12.4. The first-order valence-electron chi connectivity index (χ1n) is 7.30. The lowest BCUT2D eigenvalue weighted by molar-refractivity contribution is -0.385. The molecule has 9 heteroatoms. The summed E-state index contributed by atoms with van der Waals surface area (Å²) < 4.78 is 0. The molecular formula is C17H11N3O5S. The number of rotatable bonds is 3. The van der Waals surface area contributed by atoms with E-state index in [2.05, 4.69) is 10.3 Å². The maximum absolute atomic E-state index is 12.1. The molecule has 0 aliphatic carbocycles. The van der Waals surface area contributed by atoms with Crippen LogP contribution in [0.4, 0.5) is 5.69 Å². The lowest BCUT2D eigenvalue weighted by Gasteiger charge is -1.98. The predicted molar refractivity (Wildman–Crippen MR) is 96.7 cm³/mol. The standard InChI is InChI=1S/C17H11N3O5S/c21-13-7-6-10(8-12(13)20(24)25)9-14-16(23)19-17(26-14)18-15(22)11-4-2-1-3-5-11/h1-9,21H,(H,18,19,22,23)/b14-9-. The van der Waals surface area contributed by atoms with E-state index in [4.69, 9.17) is 0 Å². The topological polar surface area (TPSA) is 122 Å². The van der Waals surface area contributed by atoms with Crippen LogP contribution in [0, 0.1) is 10.1 Å². The summed E-state index contributed by atoms with van der Waals surface area (Å²) in [6.07, 6.45) is 1.42. The average molecular weight is 369 g/mol. The molecule has 0 aromatic heterocycles. The molecule has 1 fully saturated rings. The van der Waals surface area contributed by atoms with Crippen LogP contribution in [0.5, 0.6) is 5.75 Å². The van der Waals surface area contributed by atoms with Gasteiger partial charge in [-0.15, -0.1) is 0 Å². The van der Waals surface area contributed by atoms with Crippen LogP contribution in [0.1, 0.15) is 15.9 Å². The zero-order valence-electron chi connectivity index (χ0n) is 13.1. The van der Waals surface area contributed by atoms with E-state index >= 15 is 0 Å². The number of nitro benzene ring substituents is 1. The van der Waals surface area contributed by atoms with Gasteiger partial charge >= 0.3 is 5.69 Å². The van der Waals surface area contributed by atoms with E-state index in [0.29, 0.717) is 11.1 Å². The number of carbonyl (C=O) groups excluding carboxylic acids is 2. The Morgan fingerprint density at radius 2 is 1.96 bits per heavy atom. The molecule has 1 aliphatic heterocycles. The van der Waals surface area contributed by atoms with Crippen LogP contribution in [0.15, 0.2) is 58.4 Å². The van der Waals surface area contributed by atoms with Crippen LogP contribution in [0.3, 0.4) is 0 Å². The van der Waals surface area contributed by atoms with Crippen LogP contribution in [0.2, 0.25) is 0 Å². The monoisotopic (exact) mass is 369 g/mol. The zero-order chi connectivity index (χ0) is 18.7. The van der Waals surface area contributed by atoms with Crippen molar-refractivity contribution in [2.75, 3.05) is 0 Å². The van der Waals surface area contributed by atoms with Gasteiger partial charge in [0.2, 0.25) is 0 Å².